The highest BCUT2D eigenvalue weighted by molar-refractivity contribution is 5.82. The Bertz CT molecular complexity index is 875. The summed E-state index contributed by atoms with van der Waals surface area (Å²) in [6, 6.07) is 13.7. The lowest BCUT2D eigenvalue weighted by Gasteiger charge is -2.32. The Morgan fingerprint density at radius 2 is 1.84 bits per heavy atom. The molecule has 0 unspecified atom stereocenters. The van der Waals surface area contributed by atoms with Crippen LogP contribution >= 0.6 is 0 Å². The molecular weight excluding hydrogens is 314 g/mol. The van der Waals surface area contributed by atoms with Gasteiger partial charge in [0, 0.05) is 24.5 Å². The summed E-state index contributed by atoms with van der Waals surface area (Å²) in [6.07, 6.45) is 4.28. The van der Waals surface area contributed by atoms with Crippen molar-refractivity contribution >= 4 is 5.91 Å². The molecule has 0 fully saturated rings. The molecule has 126 valence electrons. The van der Waals surface area contributed by atoms with Crippen molar-refractivity contribution in [2.24, 2.45) is 0 Å². The van der Waals surface area contributed by atoms with Crippen LogP contribution in [0.25, 0.3) is 11.4 Å². The normalized spacial score (nSPS) is 16.8. The van der Waals surface area contributed by atoms with Crippen molar-refractivity contribution in [1.29, 1.82) is 0 Å². The van der Waals surface area contributed by atoms with Gasteiger partial charge in [-0.05, 0) is 31.0 Å². The van der Waals surface area contributed by atoms with Gasteiger partial charge in [0.2, 0.25) is 5.91 Å². The molecule has 6 nitrogen and oxygen atoms in total. The first-order valence-corrected chi connectivity index (χ1v) is 8.41. The first-order chi connectivity index (χ1) is 12.2. The Hall–Kier alpha value is -3.02. The van der Waals surface area contributed by atoms with Crippen molar-refractivity contribution in [3.63, 3.8) is 0 Å². The summed E-state index contributed by atoms with van der Waals surface area (Å²) in [5.74, 6) is 1.66. The van der Waals surface area contributed by atoms with Gasteiger partial charge in [-0.3, -0.25) is 14.3 Å². The lowest BCUT2D eigenvalue weighted by molar-refractivity contribution is -0.136. The van der Waals surface area contributed by atoms with Crippen LogP contribution < -0.4 is 0 Å². The summed E-state index contributed by atoms with van der Waals surface area (Å²) in [6.45, 7) is 3.09. The third-order valence-electron chi connectivity index (χ3n) is 4.61. The van der Waals surface area contributed by atoms with E-state index in [-0.39, 0.29) is 11.9 Å². The minimum Gasteiger partial charge on any atom is -0.333 e. The fraction of sp³-hybridized carbons (Fsp3) is 0.263. The number of benzene rings is 1. The maximum atomic E-state index is 12.8. The van der Waals surface area contributed by atoms with Gasteiger partial charge in [0.15, 0.2) is 11.6 Å². The molecule has 25 heavy (non-hydrogen) atoms. The fourth-order valence-corrected chi connectivity index (χ4v) is 3.26. The topological polar surface area (TPSA) is 63.9 Å². The number of fused-ring (bicyclic) bond motifs is 1. The van der Waals surface area contributed by atoms with Crippen LogP contribution in [0.3, 0.4) is 0 Å². The van der Waals surface area contributed by atoms with Crippen molar-refractivity contribution in [3.8, 4) is 11.4 Å². The number of nitrogens with zero attached hydrogens (tertiary/aromatic N) is 5. The molecule has 3 aromatic rings. The third kappa shape index (κ3) is 2.91. The standard InChI is InChI=1S/C19H19N5O/c1-14-19(25)23(12-9-15-5-3-2-4-6-15)13-17-21-22-18(24(14)17)16-7-10-20-11-8-16/h2-8,10-11,14H,9,12-13H2,1H3/t14-/m0/s1. The second kappa shape index (κ2) is 6.47. The van der Waals surface area contributed by atoms with Crippen molar-refractivity contribution in [2.75, 3.05) is 6.54 Å². The molecule has 0 saturated heterocycles. The number of amides is 1. The molecule has 0 spiro atoms. The molecule has 1 atom stereocenters. The summed E-state index contributed by atoms with van der Waals surface area (Å²) in [4.78, 5) is 18.7. The van der Waals surface area contributed by atoms with E-state index in [1.165, 1.54) is 5.56 Å². The number of hydrogen-bond donors (Lipinski definition) is 0. The molecule has 0 bridgehead atoms. The Labute approximate surface area is 146 Å². The summed E-state index contributed by atoms with van der Waals surface area (Å²) in [5.41, 5.74) is 2.15. The van der Waals surface area contributed by atoms with Gasteiger partial charge in [-0.25, -0.2) is 0 Å². The molecule has 6 heteroatoms. The van der Waals surface area contributed by atoms with E-state index >= 15 is 0 Å². The Morgan fingerprint density at radius 3 is 2.60 bits per heavy atom. The quantitative estimate of drug-likeness (QED) is 0.736. The van der Waals surface area contributed by atoms with E-state index in [9.17, 15) is 4.79 Å². The third-order valence-corrected chi connectivity index (χ3v) is 4.61. The zero-order valence-corrected chi connectivity index (χ0v) is 14.0. The molecule has 1 amide bonds. The van der Waals surface area contributed by atoms with Crippen molar-refractivity contribution < 1.29 is 4.79 Å². The molecule has 2 aromatic heterocycles. The fourth-order valence-electron chi connectivity index (χ4n) is 3.26. The molecule has 1 aliphatic heterocycles. The van der Waals surface area contributed by atoms with Gasteiger partial charge in [-0.2, -0.15) is 0 Å². The average Bonchev–Trinajstić information content (AvgIpc) is 3.09. The molecular formula is C19H19N5O. The lowest BCUT2D eigenvalue weighted by atomic mass is 10.1. The van der Waals surface area contributed by atoms with Crippen molar-refractivity contribution in [2.45, 2.75) is 25.9 Å². The Morgan fingerprint density at radius 1 is 1.08 bits per heavy atom. The molecule has 1 aromatic carbocycles. The van der Waals surface area contributed by atoms with E-state index < -0.39 is 0 Å². The van der Waals surface area contributed by atoms with Gasteiger partial charge < -0.3 is 4.90 Å². The zero-order chi connectivity index (χ0) is 17.2. The number of aromatic nitrogens is 4. The summed E-state index contributed by atoms with van der Waals surface area (Å²) < 4.78 is 1.94. The average molecular weight is 333 g/mol. The second-order valence-corrected chi connectivity index (χ2v) is 6.22. The van der Waals surface area contributed by atoms with E-state index in [1.807, 2.05) is 46.7 Å². The molecule has 0 N–H and O–H groups in total. The second-order valence-electron chi connectivity index (χ2n) is 6.22. The molecule has 4 rings (SSSR count). The van der Waals surface area contributed by atoms with Gasteiger partial charge in [-0.15, -0.1) is 10.2 Å². The molecule has 1 aliphatic rings. The lowest BCUT2D eigenvalue weighted by Crippen LogP contribution is -2.42. The minimum absolute atomic E-state index is 0.110. The van der Waals surface area contributed by atoms with Crippen LogP contribution in [0.1, 0.15) is 24.4 Å². The Balaban J connectivity index is 1.57. The molecule has 3 heterocycles. The number of pyridine rings is 1. The van der Waals surface area contributed by atoms with Crippen LogP contribution in [0.5, 0.6) is 0 Å². The van der Waals surface area contributed by atoms with E-state index in [4.69, 9.17) is 0 Å². The molecule has 0 radical (unpaired) electrons. The number of carbonyl (C=O) groups is 1. The van der Waals surface area contributed by atoms with Gasteiger partial charge in [-0.1, -0.05) is 30.3 Å². The number of rotatable bonds is 4. The monoisotopic (exact) mass is 333 g/mol. The van der Waals surface area contributed by atoms with Crippen LogP contribution in [-0.4, -0.2) is 37.1 Å². The van der Waals surface area contributed by atoms with E-state index in [1.54, 1.807) is 12.4 Å². The first kappa shape index (κ1) is 15.5. The predicted octanol–water partition coefficient (Wildman–Crippen LogP) is 2.49. The summed E-state index contributed by atoms with van der Waals surface area (Å²) >= 11 is 0. The molecule has 0 saturated carbocycles. The summed E-state index contributed by atoms with van der Waals surface area (Å²) in [7, 11) is 0. The molecule has 0 aliphatic carbocycles. The number of carbonyl (C=O) groups excluding carboxylic acids is 1. The van der Waals surface area contributed by atoms with Crippen LogP contribution in [0.15, 0.2) is 54.9 Å². The van der Waals surface area contributed by atoms with Crippen LogP contribution in [0.2, 0.25) is 0 Å². The highest BCUT2D eigenvalue weighted by Crippen LogP contribution is 2.28. The Kier molecular flexibility index (Phi) is 4.01. The smallest absolute Gasteiger partial charge is 0.245 e. The predicted molar refractivity (Wildman–Crippen MR) is 93.5 cm³/mol. The minimum atomic E-state index is -0.308. The van der Waals surface area contributed by atoms with E-state index in [0.29, 0.717) is 13.1 Å². The van der Waals surface area contributed by atoms with Crippen molar-refractivity contribution in [3.05, 3.63) is 66.2 Å². The summed E-state index contributed by atoms with van der Waals surface area (Å²) in [5, 5.41) is 8.63. The van der Waals surface area contributed by atoms with Gasteiger partial charge in [0.25, 0.3) is 0 Å². The van der Waals surface area contributed by atoms with Gasteiger partial charge in [0.1, 0.15) is 6.04 Å². The maximum absolute atomic E-state index is 12.8. The largest absolute Gasteiger partial charge is 0.333 e. The zero-order valence-electron chi connectivity index (χ0n) is 14.0. The van der Waals surface area contributed by atoms with E-state index in [0.717, 1.165) is 23.6 Å². The van der Waals surface area contributed by atoms with Crippen molar-refractivity contribution in [1.82, 2.24) is 24.6 Å². The van der Waals surface area contributed by atoms with Gasteiger partial charge >= 0.3 is 0 Å². The van der Waals surface area contributed by atoms with Gasteiger partial charge in [0.05, 0.1) is 6.54 Å². The highest BCUT2D eigenvalue weighted by atomic mass is 16.2. The van der Waals surface area contributed by atoms with Crippen LogP contribution in [0, 0.1) is 0 Å². The SMILES string of the molecule is C[C@H]1C(=O)N(CCc2ccccc2)Cc2nnc(-c3ccncc3)n21. The van der Waals surface area contributed by atoms with Crippen LogP contribution in [-0.2, 0) is 17.8 Å². The maximum Gasteiger partial charge on any atom is 0.245 e. The first-order valence-electron chi connectivity index (χ1n) is 8.41. The van der Waals surface area contributed by atoms with Crippen LogP contribution in [0.4, 0.5) is 0 Å². The number of hydrogen-bond acceptors (Lipinski definition) is 4. The van der Waals surface area contributed by atoms with E-state index in [2.05, 4.69) is 27.3 Å². The highest BCUT2D eigenvalue weighted by Gasteiger charge is 2.33.